The average Bonchev–Trinajstić information content (AvgIpc) is 2.82. The molecule has 0 saturated heterocycles. The Labute approximate surface area is 122 Å². The molecule has 5 heteroatoms. The van der Waals surface area contributed by atoms with Crippen molar-refractivity contribution in [3.05, 3.63) is 26.6 Å². The van der Waals surface area contributed by atoms with Crippen molar-refractivity contribution in [3.63, 3.8) is 0 Å². The molecule has 0 amide bonds. The molecule has 4 nitrogen and oxygen atoms in total. The molecule has 20 heavy (non-hydrogen) atoms. The Bertz CT molecular complexity index is 659. The molecule has 0 aromatic carbocycles. The van der Waals surface area contributed by atoms with Gasteiger partial charge in [-0.2, -0.15) is 0 Å². The SMILES string of the molecule is CCCCNCc1nc2sc3c(c2c(=O)[nH]1)CCCC3. The number of unbranched alkanes of at least 4 members (excludes halogenated alkanes) is 1. The number of nitrogens with zero attached hydrogens (tertiary/aromatic N) is 1. The maximum Gasteiger partial charge on any atom is 0.259 e. The van der Waals surface area contributed by atoms with E-state index in [1.165, 1.54) is 29.7 Å². The van der Waals surface area contributed by atoms with E-state index in [1.807, 2.05) is 0 Å². The zero-order valence-corrected chi connectivity index (χ0v) is 12.7. The van der Waals surface area contributed by atoms with Crippen molar-refractivity contribution >= 4 is 21.6 Å². The Morgan fingerprint density at radius 1 is 1.35 bits per heavy atom. The first-order valence-electron chi connectivity index (χ1n) is 7.53. The zero-order chi connectivity index (χ0) is 13.9. The van der Waals surface area contributed by atoms with Crippen molar-refractivity contribution < 1.29 is 0 Å². The normalized spacial score (nSPS) is 14.7. The topological polar surface area (TPSA) is 57.8 Å². The molecule has 0 bridgehead atoms. The lowest BCUT2D eigenvalue weighted by Crippen LogP contribution is -2.20. The fourth-order valence-corrected chi connectivity index (χ4v) is 4.08. The van der Waals surface area contributed by atoms with Gasteiger partial charge in [-0.25, -0.2) is 4.98 Å². The van der Waals surface area contributed by atoms with Crippen LogP contribution in [0.2, 0.25) is 0 Å². The van der Waals surface area contributed by atoms with Crippen LogP contribution in [0.25, 0.3) is 10.2 Å². The predicted octanol–water partition coefficient (Wildman–Crippen LogP) is 2.75. The van der Waals surface area contributed by atoms with Crippen LogP contribution in [-0.2, 0) is 19.4 Å². The maximum absolute atomic E-state index is 12.3. The molecule has 0 spiro atoms. The smallest absolute Gasteiger partial charge is 0.259 e. The first-order valence-corrected chi connectivity index (χ1v) is 8.35. The van der Waals surface area contributed by atoms with Crippen LogP contribution in [0, 0.1) is 0 Å². The number of aryl methyl sites for hydroxylation is 2. The van der Waals surface area contributed by atoms with Crippen LogP contribution in [0.3, 0.4) is 0 Å². The third-order valence-electron chi connectivity index (χ3n) is 3.87. The van der Waals surface area contributed by atoms with Gasteiger partial charge >= 0.3 is 0 Å². The van der Waals surface area contributed by atoms with Crippen LogP contribution in [0.4, 0.5) is 0 Å². The number of nitrogens with one attached hydrogen (secondary N) is 2. The van der Waals surface area contributed by atoms with Crippen molar-refractivity contribution in [2.45, 2.75) is 52.0 Å². The number of hydrogen-bond acceptors (Lipinski definition) is 4. The second-order valence-electron chi connectivity index (χ2n) is 5.43. The molecule has 0 aliphatic heterocycles. The van der Waals surface area contributed by atoms with Crippen molar-refractivity contribution in [1.29, 1.82) is 0 Å². The van der Waals surface area contributed by atoms with E-state index in [0.29, 0.717) is 6.54 Å². The summed E-state index contributed by atoms with van der Waals surface area (Å²) in [7, 11) is 0. The summed E-state index contributed by atoms with van der Waals surface area (Å²) in [5.41, 5.74) is 1.30. The first-order chi connectivity index (χ1) is 9.79. The predicted molar refractivity (Wildman–Crippen MR) is 83.5 cm³/mol. The summed E-state index contributed by atoms with van der Waals surface area (Å²) in [6.07, 6.45) is 6.91. The minimum atomic E-state index is 0.0432. The molecule has 0 fully saturated rings. The van der Waals surface area contributed by atoms with E-state index in [1.54, 1.807) is 11.3 Å². The molecule has 1 aliphatic rings. The largest absolute Gasteiger partial charge is 0.310 e. The minimum Gasteiger partial charge on any atom is -0.310 e. The van der Waals surface area contributed by atoms with Gasteiger partial charge in [0.1, 0.15) is 10.7 Å². The van der Waals surface area contributed by atoms with E-state index in [4.69, 9.17) is 0 Å². The summed E-state index contributed by atoms with van der Waals surface area (Å²) in [6.45, 7) is 3.79. The highest BCUT2D eigenvalue weighted by molar-refractivity contribution is 7.18. The summed E-state index contributed by atoms with van der Waals surface area (Å²) in [4.78, 5) is 22.2. The summed E-state index contributed by atoms with van der Waals surface area (Å²) >= 11 is 1.71. The van der Waals surface area contributed by atoms with Gasteiger partial charge < -0.3 is 10.3 Å². The van der Waals surface area contributed by atoms with Crippen LogP contribution in [0.5, 0.6) is 0 Å². The van der Waals surface area contributed by atoms with Crippen molar-refractivity contribution in [1.82, 2.24) is 15.3 Å². The Kier molecular flexibility index (Phi) is 4.17. The van der Waals surface area contributed by atoms with Gasteiger partial charge in [-0.1, -0.05) is 13.3 Å². The third kappa shape index (κ3) is 2.65. The van der Waals surface area contributed by atoms with E-state index in [0.717, 1.165) is 41.8 Å². The van der Waals surface area contributed by atoms with Gasteiger partial charge in [0, 0.05) is 4.88 Å². The Morgan fingerprint density at radius 2 is 2.20 bits per heavy atom. The molecular weight excluding hydrogens is 270 g/mol. The van der Waals surface area contributed by atoms with Gasteiger partial charge in [0.15, 0.2) is 0 Å². The second-order valence-corrected chi connectivity index (χ2v) is 6.52. The molecule has 2 heterocycles. The van der Waals surface area contributed by atoms with Gasteiger partial charge in [-0.05, 0) is 44.2 Å². The number of rotatable bonds is 5. The fraction of sp³-hybridized carbons (Fsp3) is 0.600. The monoisotopic (exact) mass is 291 g/mol. The average molecular weight is 291 g/mol. The molecule has 108 valence electrons. The van der Waals surface area contributed by atoms with Crippen molar-refractivity contribution in [3.8, 4) is 0 Å². The molecule has 2 aromatic rings. The van der Waals surface area contributed by atoms with E-state index < -0.39 is 0 Å². The lowest BCUT2D eigenvalue weighted by molar-refractivity contribution is 0.623. The lowest BCUT2D eigenvalue weighted by Gasteiger charge is -2.09. The minimum absolute atomic E-state index is 0.0432. The number of aromatic nitrogens is 2. The van der Waals surface area contributed by atoms with Crippen molar-refractivity contribution in [2.24, 2.45) is 0 Å². The number of aromatic amines is 1. The van der Waals surface area contributed by atoms with E-state index in [9.17, 15) is 4.79 Å². The zero-order valence-electron chi connectivity index (χ0n) is 11.9. The standard InChI is InChI=1S/C15H21N3OS/c1-2-3-8-16-9-12-17-14(19)13-10-6-4-5-7-11(10)20-15(13)18-12/h16H,2-9H2,1H3,(H,17,18,19). The Morgan fingerprint density at radius 3 is 3.05 bits per heavy atom. The van der Waals surface area contributed by atoms with E-state index in [-0.39, 0.29) is 5.56 Å². The van der Waals surface area contributed by atoms with Gasteiger partial charge in [0.2, 0.25) is 0 Å². The van der Waals surface area contributed by atoms with Crippen LogP contribution in [-0.4, -0.2) is 16.5 Å². The number of H-pyrrole nitrogens is 1. The number of fused-ring (bicyclic) bond motifs is 3. The third-order valence-corrected chi connectivity index (χ3v) is 5.06. The first kappa shape index (κ1) is 13.8. The van der Waals surface area contributed by atoms with Crippen LogP contribution in [0.1, 0.15) is 48.9 Å². The second kappa shape index (κ2) is 6.06. The molecule has 2 N–H and O–H groups in total. The molecule has 1 aliphatic carbocycles. The summed E-state index contributed by atoms with van der Waals surface area (Å²) < 4.78 is 0. The molecule has 0 atom stereocenters. The summed E-state index contributed by atoms with van der Waals surface area (Å²) in [6, 6.07) is 0. The molecule has 2 aromatic heterocycles. The lowest BCUT2D eigenvalue weighted by atomic mass is 9.97. The van der Waals surface area contributed by atoms with E-state index >= 15 is 0 Å². The van der Waals surface area contributed by atoms with Gasteiger partial charge in [-0.15, -0.1) is 11.3 Å². The molecule has 3 rings (SSSR count). The van der Waals surface area contributed by atoms with E-state index in [2.05, 4.69) is 22.2 Å². The van der Waals surface area contributed by atoms with Crippen LogP contribution < -0.4 is 10.9 Å². The van der Waals surface area contributed by atoms with Crippen molar-refractivity contribution in [2.75, 3.05) is 6.54 Å². The fourth-order valence-electron chi connectivity index (χ4n) is 2.80. The highest BCUT2D eigenvalue weighted by atomic mass is 32.1. The highest BCUT2D eigenvalue weighted by Gasteiger charge is 2.19. The highest BCUT2D eigenvalue weighted by Crippen LogP contribution is 2.33. The Hall–Kier alpha value is -1.20. The number of thiophene rings is 1. The molecular formula is C15H21N3OS. The summed E-state index contributed by atoms with van der Waals surface area (Å²) in [5.74, 6) is 0.761. The van der Waals surface area contributed by atoms with Crippen LogP contribution in [0.15, 0.2) is 4.79 Å². The Balaban J connectivity index is 1.88. The number of hydrogen-bond donors (Lipinski definition) is 2. The van der Waals surface area contributed by atoms with Gasteiger partial charge in [-0.3, -0.25) is 4.79 Å². The quantitative estimate of drug-likeness (QED) is 0.833. The van der Waals surface area contributed by atoms with Gasteiger partial charge in [0.25, 0.3) is 5.56 Å². The molecule has 0 unspecified atom stereocenters. The van der Waals surface area contributed by atoms with Gasteiger partial charge in [0.05, 0.1) is 11.9 Å². The maximum atomic E-state index is 12.3. The van der Waals surface area contributed by atoms with Crippen LogP contribution >= 0.6 is 11.3 Å². The summed E-state index contributed by atoms with van der Waals surface area (Å²) in [5, 5.41) is 4.18. The molecule has 0 radical (unpaired) electrons. The molecule has 0 saturated carbocycles.